The molecule has 67 heavy (non-hydrogen) atoms. The van der Waals surface area contributed by atoms with Crippen molar-refractivity contribution in [2.24, 2.45) is 0 Å². The van der Waals surface area contributed by atoms with Crippen molar-refractivity contribution < 1.29 is 49.3 Å². The van der Waals surface area contributed by atoms with E-state index in [1.54, 1.807) is 6.08 Å². The normalized spacial score (nSPS) is 20.1. The SMILES string of the molecule is CCCCCCCC/C=C\CCCCC(O)C(=O)NC(COC1OC(CO)C(O)C(O)C1OC(=O)CCCCCCCCCCCCCCCC)C(O)/C=C/CCCCCCCCCCCC. The van der Waals surface area contributed by atoms with Crippen LogP contribution in [0.3, 0.4) is 0 Å². The first kappa shape index (κ1) is 63.2. The Hall–Kier alpha value is -1.86. The zero-order valence-corrected chi connectivity index (χ0v) is 43.3. The zero-order valence-electron chi connectivity index (χ0n) is 43.3. The second-order valence-electron chi connectivity index (χ2n) is 19.7. The lowest BCUT2D eigenvalue weighted by Gasteiger charge is -2.41. The summed E-state index contributed by atoms with van der Waals surface area (Å²) in [7, 11) is 0. The van der Waals surface area contributed by atoms with Gasteiger partial charge in [0.25, 0.3) is 0 Å². The largest absolute Gasteiger partial charge is 0.454 e. The third-order valence-corrected chi connectivity index (χ3v) is 13.4. The molecule has 0 aliphatic carbocycles. The minimum atomic E-state index is -1.61. The Balaban J connectivity index is 2.75. The van der Waals surface area contributed by atoms with Crippen LogP contribution in [0.5, 0.6) is 0 Å². The van der Waals surface area contributed by atoms with E-state index in [2.05, 4.69) is 38.2 Å². The highest BCUT2D eigenvalue weighted by atomic mass is 16.7. The van der Waals surface area contributed by atoms with Gasteiger partial charge in [-0.2, -0.15) is 0 Å². The van der Waals surface area contributed by atoms with Crippen molar-refractivity contribution >= 4 is 11.9 Å². The molecule has 1 amide bonds. The van der Waals surface area contributed by atoms with E-state index in [0.29, 0.717) is 12.8 Å². The number of aliphatic hydroxyl groups excluding tert-OH is 5. The van der Waals surface area contributed by atoms with E-state index in [9.17, 15) is 35.1 Å². The topological polar surface area (TPSA) is 175 Å². The van der Waals surface area contributed by atoms with Gasteiger partial charge in [0.2, 0.25) is 5.91 Å². The Morgan fingerprint density at radius 1 is 0.567 bits per heavy atom. The van der Waals surface area contributed by atoms with Crippen molar-refractivity contribution in [1.29, 1.82) is 0 Å². The van der Waals surface area contributed by atoms with E-state index in [1.165, 1.54) is 154 Å². The fourth-order valence-corrected chi connectivity index (χ4v) is 8.82. The van der Waals surface area contributed by atoms with E-state index in [1.807, 2.05) is 6.08 Å². The van der Waals surface area contributed by atoms with Crippen LogP contribution in [0.25, 0.3) is 0 Å². The quantitative estimate of drug-likeness (QED) is 0.0196. The summed E-state index contributed by atoms with van der Waals surface area (Å²) < 4.78 is 17.5. The van der Waals surface area contributed by atoms with Gasteiger partial charge < -0.3 is 45.1 Å². The van der Waals surface area contributed by atoms with E-state index < -0.39 is 67.4 Å². The molecule has 6 N–H and O–H groups in total. The molecule has 8 unspecified atom stereocenters. The van der Waals surface area contributed by atoms with Gasteiger partial charge in [0.15, 0.2) is 12.4 Å². The van der Waals surface area contributed by atoms with Crippen LogP contribution in [0.4, 0.5) is 0 Å². The predicted molar refractivity (Wildman–Crippen MR) is 274 cm³/mol. The van der Waals surface area contributed by atoms with Gasteiger partial charge >= 0.3 is 5.97 Å². The third-order valence-electron chi connectivity index (χ3n) is 13.4. The maximum atomic E-state index is 13.3. The van der Waals surface area contributed by atoms with Crippen LogP contribution in [0.1, 0.15) is 258 Å². The number of allylic oxidation sites excluding steroid dienone is 3. The number of carbonyl (C=O) groups excluding carboxylic acids is 2. The van der Waals surface area contributed by atoms with Crippen LogP contribution < -0.4 is 5.32 Å². The molecule has 1 aliphatic heterocycles. The Morgan fingerprint density at radius 3 is 1.45 bits per heavy atom. The van der Waals surface area contributed by atoms with Crippen molar-refractivity contribution in [3.05, 3.63) is 24.3 Å². The molecule has 0 bridgehead atoms. The van der Waals surface area contributed by atoms with Gasteiger partial charge in [0.1, 0.15) is 24.4 Å². The first-order valence-electron chi connectivity index (χ1n) is 28.1. The molecular weight excluding hydrogens is 847 g/mol. The average molecular weight is 952 g/mol. The lowest BCUT2D eigenvalue weighted by atomic mass is 9.99. The molecule has 394 valence electrons. The smallest absolute Gasteiger partial charge is 0.306 e. The van der Waals surface area contributed by atoms with Gasteiger partial charge in [-0.05, 0) is 51.4 Å². The fourth-order valence-electron chi connectivity index (χ4n) is 8.82. The Labute approximate surface area is 410 Å². The summed E-state index contributed by atoms with van der Waals surface area (Å²) in [5.41, 5.74) is 0. The van der Waals surface area contributed by atoms with E-state index in [4.69, 9.17) is 14.2 Å². The number of nitrogens with one attached hydrogen (secondary N) is 1. The van der Waals surface area contributed by atoms with Gasteiger partial charge in [0.05, 0.1) is 25.4 Å². The highest BCUT2D eigenvalue weighted by Gasteiger charge is 2.47. The molecule has 1 rings (SSSR count). The molecule has 1 aliphatic rings. The first-order valence-corrected chi connectivity index (χ1v) is 28.1. The molecule has 11 nitrogen and oxygen atoms in total. The van der Waals surface area contributed by atoms with E-state index in [0.717, 1.165) is 57.8 Å². The van der Waals surface area contributed by atoms with Crippen molar-refractivity contribution in [1.82, 2.24) is 5.32 Å². The van der Waals surface area contributed by atoms with E-state index in [-0.39, 0.29) is 19.4 Å². The number of carbonyl (C=O) groups is 2. The van der Waals surface area contributed by atoms with Crippen molar-refractivity contribution in [2.75, 3.05) is 13.2 Å². The summed E-state index contributed by atoms with van der Waals surface area (Å²) in [4.78, 5) is 26.4. The summed E-state index contributed by atoms with van der Waals surface area (Å²) in [6.07, 6.45) is 39.4. The minimum absolute atomic E-state index is 0.127. The molecule has 11 heteroatoms. The second kappa shape index (κ2) is 45.3. The molecule has 0 spiro atoms. The lowest BCUT2D eigenvalue weighted by Crippen LogP contribution is -2.61. The number of ether oxygens (including phenoxy) is 3. The molecule has 1 heterocycles. The van der Waals surface area contributed by atoms with Crippen molar-refractivity contribution in [2.45, 2.75) is 307 Å². The minimum Gasteiger partial charge on any atom is -0.454 e. The monoisotopic (exact) mass is 952 g/mol. The van der Waals surface area contributed by atoms with Crippen molar-refractivity contribution in [3.8, 4) is 0 Å². The van der Waals surface area contributed by atoms with Gasteiger partial charge in [-0.25, -0.2) is 0 Å². The molecule has 0 aromatic heterocycles. The molecule has 0 saturated carbocycles. The average Bonchev–Trinajstić information content (AvgIpc) is 3.32. The number of unbranched alkanes of at least 4 members (excludes halogenated alkanes) is 31. The lowest BCUT2D eigenvalue weighted by molar-refractivity contribution is -0.305. The Kier molecular flexibility index (Phi) is 42.7. The van der Waals surface area contributed by atoms with Gasteiger partial charge in [-0.1, -0.05) is 225 Å². The summed E-state index contributed by atoms with van der Waals surface area (Å²) in [5, 5.41) is 56.7. The third kappa shape index (κ3) is 34.2. The second-order valence-corrected chi connectivity index (χ2v) is 19.7. The number of aliphatic hydroxyl groups is 5. The molecule has 8 atom stereocenters. The molecule has 1 saturated heterocycles. The van der Waals surface area contributed by atoms with Gasteiger partial charge in [0, 0.05) is 6.42 Å². The summed E-state index contributed by atoms with van der Waals surface area (Å²) in [6, 6.07) is -1.02. The van der Waals surface area contributed by atoms with Crippen LogP contribution in [0, 0.1) is 0 Å². The van der Waals surface area contributed by atoms with Crippen molar-refractivity contribution in [3.63, 3.8) is 0 Å². The Bertz CT molecular complexity index is 1180. The highest BCUT2D eigenvalue weighted by Crippen LogP contribution is 2.26. The molecule has 0 radical (unpaired) electrons. The van der Waals surface area contributed by atoms with Gasteiger partial charge in [-0.3, -0.25) is 9.59 Å². The molecule has 0 aromatic carbocycles. The van der Waals surface area contributed by atoms with Crippen LogP contribution in [0.15, 0.2) is 24.3 Å². The molecule has 1 fully saturated rings. The summed E-state index contributed by atoms with van der Waals surface area (Å²) in [6.45, 7) is 5.76. The highest BCUT2D eigenvalue weighted by molar-refractivity contribution is 5.80. The Morgan fingerprint density at radius 2 is 0.985 bits per heavy atom. The van der Waals surface area contributed by atoms with Crippen LogP contribution in [0.2, 0.25) is 0 Å². The number of rotatable bonds is 47. The summed E-state index contributed by atoms with van der Waals surface area (Å²) >= 11 is 0. The number of hydrogen-bond donors (Lipinski definition) is 6. The molecule has 0 aromatic rings. The van der Waals surface area contributed by atoms with Gasteiger partial charge in [-0.15, -0.1) is 0 Å². The summed E-state index contributed by atoms with van der Waals surface area (Å²) in [5.74, 6) is -1.20. The van der Waals surface area contributed by atoms with Crippen LogP contribution in [-0.4, -0.2) is 99.6 Å². The standard InChI is InChI=1S/C56H105NO10/c1-4-7-10-13-16-19-22-25-26-29-32-35-38-41-44-51(61)67-54-53(63)52(62)50(45-58)66-56(54)65-46-47(48(59)42-39-36-33-30-27-23-20-17-14-11-8-5-2)57-55(64)49(60)43-40-37-34-31-28-24-21-18-15-12-9-6-3/h28,31,39,42,47-50,52-54,56,58-60,62-63H,4-27,29-30,32-38,40-41,43-46H2,1-3H3,(H,57,64)/b31-28-,42-39+. The van der Waals surface area contributed by atoms with E-state index >= 15 is 0 Å². The maximum absolute atomic E-state index is 13.3. The number of hydrogen-bond acceptors (Lipinski definition) is 10. The first-order chi connectivity index (χ1) is 32.7. The number of esters is 1. The predicted octanol–water partition coefficient (Wildman–Crippen LogP) is 12.2. The molecular formula is C56H105NO10. The maximum Gasteiger partial charge on any atom is 0.306 e. The van der Waals surface area contributed by atoms with Crippen LogP contribution >= 0.6 is 0 Å². The zero-order chi connectivity index (χ0) is 49.0. The fraction of sp³-hybridized carbons (Fsp3) is 0.893. The van der Waals surface area contributed by atoms with Crippen LogP contribution in [-0.2, 0) is 23.8 Å². The number of amides is 1.